The molecule has 0 atom stereocenters. The van der Waals surface area contributed by atoms with Crippen LogP contribution in [0.4, 0.5) is 4.39 Å². The van der Waals surface area contributed by atoms with Gasteiger partial charge in [0.25, 0.3) is 0 Å². The van der Waals surface area contributed by atoms with Crippen LogP contribution in [0.25, 0.3) is 0 Å². The van der Waals surface area contributed by atoms with Crippen LogP contribution in [-0.2, 0) is 0 Å². The van der Waals surface area contributed by atoms with E-state index >= 15 is 0 Å². The summed E-state index contributed by atoms with van der Waals surface area (Å²) in [6, 6.07) is 10.6. The van der Waals surface area contributed by atoms with Crippen molar-refractivity contribution in [3.8, 4) is 23.3 Å². The molecule has 0 bridgehead atoms. The van der Waals surface area contributed by atoms with Crippen LogP contribution < -0.4 is 9.47 Å². The summed E-state index contributed by atoms with van der Waals surface area (Å²) in [5.41, 5.74) is 0.239. The van der Waals surface area contributed by atoms with Gasteiger partial charge in [0, 0.05) is 6.07 Å². The number of halogens is 1. The van der Waals surface area contributed by atoms with Crippen molar-refractivity contribution in [1.82, 2.24) is 0 Å². The summed E-state index contributed by atoms with van der Waals surface area (Å²) in [6.45, 7) is 0. The van der Waals surface area contributed by atoms with E-state index < -0.39 is 5.82 Å². The van der Waals surface area contributed by atoms with Crippen LogP contribution in [0.1, 0.15) is 15.9 Å². The smallest absolute Gasteiger partial charge is 0.169 e. The van der Waals surface area contributed by atoms with Crippen molar-refractivity contribution in [2.24, 2.45) is 0 Å². The minimum Gasteiger partial charge on any atom is -0.493 e. The molecule has 2 aromatic carbocycles. The molecular formula is C15H10FNO3. The first-order valence-electron chi connectivity index (χ1n) is 5.69. The minimum absolute atomic E-state index is 0.0861. The number of carbonyl (C=O) groups is 1. The van der Waals surface area contributed by atoms with E-state index in [4.69, 9.17) is 14.7 Å². The van der Waals surface area contributed by atoms with E-state index in [0.29, 0.717) is 23.3 Å². The number of carbonyl (C=O) groups excluding carboxylic acids is 1. The van der Waals surface area contributed by atoms with E-state index in [2.05, 4.69) is 0 Å². The van der Waals surface area contributed by atoms with Crippen LogP contribution in [0.3, 0.4) is 0 Å². The predicted molar refractivity (Wildman–Crippen MR) is 69.6 cm³/mol. The van der Waals surface area contributed by atoms with Crippen molar-refractivity contribution < 1.29 is 18.7 Å². The van der Waals surface area contributed by atoms with E-state index in [-0.39, 0.29) is 11.3 Å². The van der Waals surface area contributed by atoms with Gasteiger partial charge in [0.2, 0.25) is 0 Å². The molecule has 0 unspecified atom stereocenters. The highest BCUT2D eigenvalue weighted by molar-refractivity contribution is 5.80. The number of methoxy groups -OCH3 is 1. The zero-order chi connectivity index (χ0) is 14.5. The lowest BCUT2D eigenvalue weighted by atomic mass is 10.2. The normalized spacial score (nSPS) is 9.65. The Kier molecular flexibility index (Phi) is 3.96. The van der Waals surface area contributed by atoms with Gasteiger partial charge in [-0.15, -0.1) is 0 Å². The molecular weight excluding hydrogens is 261 g/mol. The Labute approximate surface area is 115 Å². The highest BCUT2D eigenvalue weighted by Gasteiger charge is 2.12. The van der Waals surface area contributed by atoms with Gasteiger partial charge in [-0.05, 0) is 24.3 Å². The van der Waals surface area contributed by atoms with Crippen molar-refractivity contribution >= 4 is 6.29 Å². The van der Waals surface area contributed by atoms with E-state index in [1.165, 1.54) is 43.5 Å². The van der Waals surface area contributed by atoms with Gasteiger partial charge in [0.05, 0.1) is 24.3 Å². The molecule has 0 aromatic heterocycles. The van der Waals surface area contributed by atoms with Crippen LogP contribution >= 0.6 is 0 Å². The Morgan fingerprint density at radius 2 is 2.00 bits per heavy atom. The molecule has 0 saturated heterocycles. The van der Waals surface area contributed by atoms with E-state index in [9.17, 15) is 9.18 Å². The van der Waals surface area contributed by atoms with Gasteiger partial charge >= 0.3 is 0 Å². The van der Waals surface area contributed by atoms with Crippen LogP contribution in [0.2, 0.25) is 0 Å². The lowest BCUT2D eigenvalue weighted by molar-refractivity contribution is 0.111. The Bertz CT molecular complexity index is 692. The second-order valence-electron chi connectivity index (χ2n) is 3.85. The summed E-state index contributed by atoms with van der Waals surface area (Å²) in [4.78, 5) is 10.9. The summed E-state index contributed by atoms with van der Waals surface area (Å²) >= 11 is 0. The number of nitriles is 1. The van der Waals surface area contributed by atoms with Gasteiger partial charge in [-0.1, -0.05) is 6.07 Å². The van der Waals surface area contributed by atoms with Crippen molar-refractivity contribution in [1.29, 1.82) is 5.26 Å². The monoisotopic (exact) mass is 271 g/mol. The maximum atomic E-state index is 13.5. The van der Waals surface area contributed by atoms with Gasteiger partial charge in [-0.3, -0.25) is 4.79 Å². The maximum absolute atomic E-state index is 13.5. The Morgan fingerprint density at radius 3 is 2.65 bits per heavy atom. The fourth-order valence-electron chi connectivity index (χ4n) is 1.66. The molecule has 0 amide bonds. The SMILES string of the molecule is COc1cc(C#N)ccc1Oc1cccc(F)c1C=O. The van der Waals surface area contributed by atoms with Gasteiger partial charge in [0.15, 0.2) is 17.8 Å². The average molecular weight is 271 g/mol. The molecule has 0 aliphatic rings. The number of benzene rings is 2. The highest BCUT2D eigenvalue weighted by atomic mass is 19.1. The number of aldehydes is 1. The first-order valence-corrected chi connectivity index (χ1v) is 5.69. The summed E-state index contributed by atoms with van der Waals surface area (Å²) in [6.07, 6.45) is 0.390. The number of rotatable bonds is 4. The molecule has 0 spiro atoms. The molecule has 0 saturated carbocycles. The number of nitrogens with zero attached hydrogens (tertiary/aromatic N) is 1. The van der Waals surface area contributed by atoms with E-state index in [1.54, 1.807) is 0 Å². The first-order chi connectivity index (χ1) is 9.69. The third-order valence-corrected chi connectivity index (χ3v) is 2.64. The highest BCUT2D eigenvalue weighted by Crippen LogP contribution is 2.33. The molecule has 2 aromatic rings. The maximum Gasteiger partial charge on any atom is 0.169 e. The molecule has 0 heterocycles. The zero-order valence-corrected chi connectivity index (χ0v) is 10.6. The topological polar surface area (TPSA) is 59.3 Å². The molecule has 0 N–H and O–H groups in total. The van der Waals surface area contributed by atoms with E-state index in [1.807, 2.05) is 6.07 Å². The third-order valence-electron chi connectivity index (χ3n) is 2.64. The number of hydrogen-bond acceptors (Lipinski definition) is 4. The number of ether oxygens (including phenoxy) is 2. The predicted octanol–water partition coefficient (Wildman–Crippen LogP) is 3.31. The zero-order valence-electron chi connectivity index (χ0n) is 10.6. The average Bonchev–Trinajstić information content (AvgIpc) is 2.48. The summed E-state index contributed by atoms with van der Waals surface area (Å²) in [5.74, 6) is 0.0403. The molecule has 0 fully saturated rings. The molecule has 100 valence electrons. The van der Waals surface area contributed by atoms with E-state index in [0.717, 1.165) is 0 Å². The molecule has 0 aliphatic heterocycles. The quantitative estimate of drug-likeness (QED) is 0.800. The second kappa shape index (κ2) is 5.85. The summed E-state index contributed by atoms with van der Waals surface area (Å²) < 4.78 is 24.1. The van der Waals surface area contributed by atoms with Gasteiger partial charge in [-0.25, -0.2) is 4.39 Å². The van der Waals surface area contributed by atoms with Gasteiger partial charge in [-0.2, -0.15) is 5.26 Å². The van der Waals surface area contributed by atoms with Crippen LogP contribution in [0.15, 0.2) is 36.4 Å². The number of hydrogen-bond donors (Lipinski definition) is 0. The fraction of sp³-hybridized carbons (Fsp3) is 0.0667. The van der Waals surface area contributed by atoms with Crippen molar-refractivity contribution in [3.63, 3.8) is 0 Å². The van der Waals surface area contributed by atoms with Gasteiger partial charge < -0.3 is 9.47 Å². The standard InChI is InChI=1S/C15H10FNO3/c1-19-15-7-10(8-17)5-6-14(15)20-13-4-2-3-12(16)11(13)9-18/h2-7,9H,1H3. The van der Waals surface area contributed by atoms with Crippen molar-refractivity contribution in [3.05, 3.63) is 53.3 Å². The van der Waals surface area contributed by atoms with Crippen LogP contribution in [0.5, 0.6) is 17.2 Å². The molecule has 4 nitrogen and oxygen atoms in total. The van der Waals surface area contributed by atoms with Gasteiger partial charge in [0.1, 0.15) is 11.6 Å². The summed E-state index contributed by atoms with van der Waals surface area (Å²) in [7, 11) is 1.43. The Balaban J connectivity index is 2.43. The lowest BCUT2D eigenvalue weighted by Gasteiger charge is -2.12. The second-order valence-corrected chi connectivity index (χ2v) is 3.85. The first kappa shape index (κ1) is 13.6. The Morgan fingerprint density at radius 1 is 1.20 bits per heavy atom. The van der Waals surface area contributed by atoms with Crippen molar-refractivity contribution in [2.75, 3.05) is 7.11 Å². The largest absolute Gasteiger partial charge is 0.493 e. The third kappa shape index (κ3) is 2.59. The summed E-state index contributed by atoms with van der Waals surface area (Å²) in [5, 5.41) is 8.81. The lowest BCUT2D eigenvalue weighted by Crippen LogP contribution is -1.96. The van der Waals surface area contributed by atoms with Crippen LogP contribution in [-0.4, -0.2) is 13.4 Å². The van der Waals surface area contributed by atoms with Crippen LogP contribution in [0, 0.1) is 17.1 Å². The molecule has 20 heavy (non-hydrogen) atoms. The molecule has 2 rings (SSSR count). The minimum atomic E-state index is -0.662. The van der Waals surface area contributed by atoms with Crippen molar-refractivity contribution in [2.45, 2.75) is 0 Å². The molecule has 0 aliphatic carbocycles. The molecule has 5 heteroatoms. The molecule has 0 radical (unpaired) electrons. The fourth-order valence-corrected chi connectivity index (χ4v) is 1.66. The Hall–Kier alpha value is -2.87.